The molecule has 2 aromatic carbocycles. The van der Waals surface area contributed by atoms with Crippen molar-refractivity contribution in [3.63, 3.8) is 0 Å². The van der Waals surface area contributed by atoms with Gasteiger partial charge in [-0.1, -0.05) is 30.3 Å². The Hall–Kier alpha value is -4.48. The summed E-state index contributed by atoms with van der Waals surface area (Å²) in [6, 6.07) is 9.77. The van der Waals surface area contributed by atoms with Crippen molar-refractivity contribution in [1.29, 1.82) is 0 Å². The van der Waals surface area contributed by atoms with Gasteiger partial charge in [0, 0.05) is 30.5 Å². The maximum atomic E-state index is 14.1. The van der Waals surface area contributed by atoms with Crippen molar-refractivity contribution in [1.82, 2.24) is 10.2 Å². The van der Waals surface area contributed by atoms with E-state index in [9.17, 15) is 39.6 Å². The normalized spacial score (nSPS) is 25.5. The molecule has 2 aromatic rings. The Morgan fingerprint density at radius 2 is 1.78 bits per heavy atom. The number of primary amides is 1. The van der Waals surface area contributed by atoms with Gasteiger partial charge in [0.2, 0.25) is 11.7 Å². The highest BCUT2D eigenvalue weighted by Gasteiger charge is 2.64. The summed E-state index contributed by atoms with van der Waals surface area (Å²) in [4.78, 5) is 52.6. The molecule has 41 heavy (non-hydrogen) atoms. The Morgan fingerprint density at radius 3 is 2.37 bits per heavy atom. The minimum atomic E-state index is -2.71. The minimum absolute atomic E-state index is 0.00556. The molecule has 5 rings (SSSR count). The van der Waals surface area contributed by atoms with Gasteiger partial charge in [-0.15, -0.1) is 0 Å². The van der Waals surface area contributed by atoms with Gasteiger partial charge in [0.25, 0.3) is 5.91 Å². The molecule has 0 bridgehead atoms. The number of nitrogens with zero attached hydrogens (tertiary/aromatic N) is 1. The lowest BCUT2D eigenvalue weighted by atomic mass is 9.57. The van der Waals surface area contributed by atoms with Crippen LogP contribution in [0.2, 0.25) is 0 Å². The third-order valence-electron chi connectivity index (χ3n) is 8.41. The first kappa shape index (κ1) is 28.1. The van der Waals surface area contributed by atoms with Crippen LogP contribution in [-0.4, -0.2) is 74.4 Å². The SMILES string of the molecule is CC(=O)NCc1cc(-c2ccccc2)c2c(c1O)C(O)=C1C(=O)[C@@]3(O)C(O)=C(C(N)=O)C(=O)[C@H](N(C)C)[C@H]3C[C@H]1C2. The number of ketones is 2. The van der Waals surface area contributed by atoms with Crippen molar-refractivity contribution >= 4 is 29.1 Å². The molecule has 7 N–H and O–H groups in total. The van der Waals surface area contributed by atoms with Gasteiger partial charge in [-0.3, -0.25) is 24.1 Å². The van der Waals surface area contributed by atoms with Crippen LogP contribution in [0.5, 0.6) is 5.75 Å². The van der Waals surface area contributed by atoms with Gasteiger partial charge in [0.15, 0.2) is 11.4 Å². The number of rotatable bonds is 5. The molecular weight excluding hydrogens is 530 g/mol. The molecule has 1 fully saturated rings. The Labute approximate surface area is 235 Å². The first-order valence-electron chi connectivity index (χ1n) is 13.1. The summed E-state index contributed by atoms with van der Waals surface area (Å²) in [6.07, 6.45) is 0.154. The van der Waals surface area contributed by atoms with E-state index in [-0.39, 0.29) is 47.7 Å². The van der Waals surface area contributed by atoms with Crippen molar-refractivity contribution in [3.05, 3.63) is 70.0 Å². The monoisotopic (exact) mass is 561 g/mol. The maximum Gasteiger partial charge on any atom is 0.255 e. The van der Waals surface area contributed by atoms with Crippen LogP contribution in [0.15, 0.2) is 53.3 Å². The summed E-state index contributed by atoms with van der Waals surface area (Å²) in [6.45, 7) is 1.27. The van der Waals surface area contributed by atoms with E-state index in [0.29, 0.717) is 11.1 Å². The summed E-state index contributed by atoms with van der Waals surface area (Å²) < 4.78 is 0. The Bertz CT molecular complexity index is 1580. The topological polar surface area (TPSA) is 190 Å². The standard InChI is InChI=1S/C30H31N3O8/c1-13(34)32-12-16-10-17(14-7-5-4-6-8-14)18-9-15-11-19-23(33(2)3)26(37)22(29(31)40)28(39)30(19,41)27(38)20(15)25(36)21(18)24(16)35/h4-8,10,15,19,23,35-36,39,41H,9,11-12H2,1-3H3,(H2,31,40)(H,32,34)/t15-,19-,23-,30-/m1/s1. The number of phenols is 1. The number of nitrogens with two attached hydrogens (primary N) is 1. The van der Waals surface area contributed by atoms with Gasteiger partial charge < -0.3 is 31.5 Å². The highest BCUT2D eigenvalue weighted by atomic mass is 16.3. The molecule has 11 heteroatoms. The molecule has 4 atom stereocenters. The second-order valence-electron chi connectivity index (χ2n) is 11.0. The second kappa shape index (κ2) is 9.86. The largest absolute Gasteiger partial charge is 0.508 e. The Morgan fingerprint density at radius 1 is 1.12 bits per heavy atom. The molecule has 0 heterocycles. The molecule has 11 nitrogen and oxygen atoms in total. The van der Waals surface area contributed by atoms with Gasteiger partial charge >= 0.3 is 0 Å². The second-order valence-corrected chi connectivity index (χ2v) is 11.0. The van der Waals surface area contributed by atoms with Crippen LogP contribution in [0.3, 0.4) is 0 Å². The van der Waals surface area contributed by atoms with E-state index in [2.05, 4.69) is 5.32 Å². The van der Waals surface area contributed by atoms with Crippen LogP contribution >= 0.6 is 0 Å². The van der Waals surface area contributed by atoms with Crippen molar-refractivity contribution < 1.29 is 39.6 Å². The highest BCUT2D eigenvalue weighted by Crippen LogP contribution is 2.54. The number of hydrogen-bond donors (Lipinski definition) is 6. The summed E-state index contributed by atoms with van der Waals surface area (Å²) in [5.74, 6) is -7.43. The molecule has 0 aliphatic heterocycles. The summed E-state index contributed by atoms with van der Waals surface area (Å²) in [5.41, 5.74) is 3.82. The van der Waals surface area contributed by atoms with E-state index >= 15 is 0 Å². The molecule has 0 aromatic heterocycles. The number of nitrogens with one attached hydrogen (secondary N) is 1. The fraction of sp³-hybridized carbons (Fsp3) is 0.333. The molecule has 3 aliphatic carbocycles. The first-order chi connectivity index (χ1) is 19.3. The number of aromatic hydroxyl groups is 1. The quantitative estimate of drug-likeness (QED) is 0.292. The van der Waals surface area contributed by atoms with E-state index in [4.69, 9.17) is 5.73 Å². The number of Topliss-reactive ketones (excluding diaryl/α,β-unsaturated/α-hetero) is 2. The number of amides is 2. The Kier molecular flexibility index (Phi) is 6.75. The number of aliphatic hydroxyl groups excluding tert-OH is 2. The average molecular weight is 562 g/mol. The third kappa shape index (κ3) is 4.11. The fourth-order valence-corrected chi connectivity index (χ4v) is 6.60. The summed E-state index contributed by atoms with van der Waals surface area (Å²) in [5, 5.41) is 48.3. The van der Waals surface area contributed by atoms with Gasteiger partial charge in [-0.25, -0.2) is 0 Å². The van der Waals surface area contributed by atoms with Gasteiger partial charge in [-0.2, -0.15) is 0 Å². The van der Waals surface area contributed by atoms with Crippen LogP contribution < -0.4 is 11.1 Å². The van der Waals surface area contributed by atoms with Crippen molar-refractivity contribution in [3.8, 4) is 16.9 Å². The smallest absolute Gasteiger partial charge is 0.255 e. The third-order valence-corrected chi connectivity index (χ3v) is 8.41. The highest BCUT2D eigenvalue weighted by molar-refractivity contribution is 6.24. The fourth-order valence-electron chi connectivity index (χ4n) is 6.60. The van der Waals surface area contributed by atoms with E-state index < -0.39 is 58.0 Å². The van der Waals surface area contributed by atoms with E-state index in [0.717, 1.165) is 5.56 Å². The van der Waals surface area contributed by atoms with Crippen LogP contribution in [0.25, 0.3) is 16.9 Å². The number of aliphatic hydroxyl groups is 3. The van der Waals surface area contributed by atoms with E-state index in [1.165, 1.54) is 11.8 Å². The van der Waals surface area contributed by atoms with Crippen molar-refractivity contribution in [2.45, 2.75) is 38.0 Å². The number of carbonyl (C=O) groups excluding carboxylic acids is 4. The van der Waals surface area contributed by atoms with Gasteiger partial charge in [-0.05, 0) is 55.6 Å². The molecule has 0 saturated heterocycles. The first-order valence-corrected chi connectivity index (χ1v) is 13.1. The van der Waals surface area contributed by atoms with Crippen LogP contribution in [-0.2, 0) is 32.1 Å². The Balaban J connectivity index is 1.76. The van der Waals surface area contributed by atoms with Crippen molar-refractivity contribution in [2.24, 2.45) is 17.6 Å². The predicted octanol–water partition coefficient (Wildman–Crippen LogP) is 1.27. The number of likely N-dealkylation sites (N-methyl/N-ethyl adjacent to an activating group) is 1. The van der Waals surface area contributed by atoms with Crippen LogP contribution in [0, 0.1) is 11.8 Å². The number of benzene rings is 2. The average Bonchev–Trinajstić information content (AvgIpc) is 2.90. The maximum absolute atomic E-state index is 14.1. The zero-order chi connectivity index (χ0) is 30.0. The minimum Gasteiger partial charge on any atom is -0.508 e. The molecule has 1 saturated carbocycles. The molecule has 3 aliphatic rings. The van der Waals surface area contributed by atoms with Gasteiger partial charge in [0.05, 0.1) is 11.6 Å². The molecule has 2 amide bonds. The summed E-state index contributed by atoms with van der Waals surface area (Å²) in [7, 11) is 3.10. The van der Waals surface area contributed by atoms with E-state index in [1.807, 2.05) is 30.3 Å². The molecule has 0 radical (unpaired) electrons. The number of fused-ring (bicyclic) bond motifs is 3. The van der Waals surface area contributed by atoms with E-state index in [1.54, 1.807) is 20.2 Å². The molecule has 0 unspecified atom stereocenters. The lowest BCUT2D eigenvalue weighted by molar-refractivity contribution is -0.153. The number of phenolic OH excluding ortho intramolecular Hbond substituents is 1. The molecular formula is C30H31N3O8. The number of carbonyl (C=O) groups is 4. The number of hydrogen-bond acceptors (Lipinski definition) is 9. The molecule has 214 valence electrons. The van der Waals surface area contributed by atoms with Crippen LogP contribution in [0.4, 0.5) is 0 Å². The lowest BCUT2D eigenvalue weighted by Crippen LogP contribution is -2.65. The zero-order valence-corrected chi connectivity index (χ0v) is 22.8. The summed E-state index contributed by atoms with van der Waals surface area (Å²) >= 11 is 0. The lowest BCUT2D eigenvalue weighted by Gasteiger charge is -2.50. The zero-order valence-electron chi connectivity index (χ0n) is 22.8. The predicted molar refractivity (Wildman–Crippen MR) is 147 cm³/mol. The van der Waals surface area contributed by atoms with Gasteiger partial charge in [0.1, 0.15) is 22.8 Å². The van der Waals surface area contributed by atoms with Crippen molar-refractivity contribution in [2.75, 3.05) is 14.1 Å². The molecule has 0 spiro atoms. The van der Waals surface area contributed by atoms with Crippen LogP contribution in [0.1, 0.15) is 30.0 Å².